The molecule has 2 aromatic heterocycles. The number of hydrogen-bond acceptors (Lipinski definition) is 5. The van der Waals surface area contributed by atoms with Crippen molar-refractivity contribution in [3.05, 3.63) is 20.8 Å². The minimum Gasteiger partial charge on any atom is -0.365 e. The molecule has 0 aliphatic heterocycles. The molecule has 2 heterocycles. The Balaban J connectivity index is 2.52. The number of nitriles is 1. The summed E-state index contributed by atoms with van der Waals surface area (Å²) >= 11 is 6.33. The molecule has 0 bridgehead atoms. The van der Waals surface area contributed by atoms with Crippen molar-refractivity contribution in [1.29, 1.82) is 5.26 Å². The first-order chi connectivity index (χ1) is 7.24. The van der Waals surface area contributed by atoms with Crippen LogP contribution in [0.15, 0.2) is 15.9 Å². The van der Waals surface area contributed by atoms with Crippen LogP contribution in [0, 0.1) is 11.3 Å². The van der Waals surface area contributed by atoms with Gasteiger partial charge < -0.3 is 5.32 Å². The largest absolute Gasteiger partial charge is 0.365 e. The van der Waals surface area contributed by atoms with Crippen molar-refractivity contribution in [3.63, 3.8) is 0 Å². The van der Waals surface area contributed by atoms with Crippen molar-refractivity contribution in [1.82, 2.24) is 4.98 Å². The van der Waals surface area contributed by atoms with Crippen LogP contribution >= 0.6 is 38.6 Å². The third-order valence-corrected chi connectivity index (χ3v) is 4.42. The fourth-order valence-corrected chi connectivity index (χ4v) is 3.32. The monoisotopic (exact) mass is 299 g/mol. The summed E-state index contributed by atoms with van der Waals surface area (Å²) in [5, 5.41) is 14.7. The van der Waals surface area contributed by atoms with E-state index >= 15 is 0 Å². The Morgan fingerprint density at radius 3 is 2.93 bits per heavy atom. The number of nitrogens with zero attached hydrogens (tertiary/aromatic N) is 2. The summed E-state index contributed by atoms with van der Waals surface area (Å²) < 4.78 is 1.02. The number of hydrogen-bond donors (Lipinski definition) is 1. The molecule has 0 radical (unpaired) electrons. The first-order valence-electron chi connectivity index (χ1n) is 4.07. The van der Waals surface area contributed by atoms with Gasteiger partial charge in [0, 0.05) is 16.9 Å². The van der Waals surface area contributed by atoms with Crippen molar-refractivity contribution in [3.8, 4) is 16.6 Å². The summed E-state index contributed by atoms with van der Waals surface area (Å²) in [6, 6.07) is 4.14. The van der Waals surface area contributed by atoms with E-state index in [2.05, 4.69) is 32.3 Å². The molecule has 0 fully saturated rings. The van der Waals surface area contributed by atoms with Crippen LogP contribution in [0.4, 0.5) is 5.13 Å². The SMILES string of the molecule is CNc1nc(-c2cc(Br)cs2)c(C#N)s1. The van der Waals surface area contributed by atoms with Gasteiger partial charge in [-0.15, -0.1) is 11.3 Å². The maximum atomic E-state index is 8.98. The van der Waals surface area contributed by atoms with Crippen LogP contribution in [-0.4, -0.2) is 12.0 Å². The quantitative estimate of drug-likeness (QED) is 0.922. The molecule has 15 heavy (non-hydrogen) atoms. The smallest absolute Gasteiger partial charge is 0.184 e. The molecule has 0 spiro atoms. The molecule has 0 aliphatic carbocycles. The highest BCUT2D eigenvalue weighted by Crippen LogP contribution is 2.35. The number of anilines is 1. The number of rotatable bonds is 2. The zero-order chi connectivity index (χ0) is 10.8. The molecular weight excluding hydrogens is 294 g/mol. The third-order valence-electron chi connectivity index (χ3n) is 1.74. The Bertz CT molecular complexity index is 524. The summed E-state index contributed by atoms with van der Waals surface area (Å²) in [6.45, 7) is 0. The summed E-state index contributed by atoms with van der Waals surface area (Å²) in [5.74, 6) is 0. The van der Waals surface area contributed by atoms with Crippen molar-refractivity contribution in [2.75, 3.05) is 12.4 Å². The molecule has 0 saturated carbocycles. The minimum atomic E-state index is 0.647. The van der Waals surface area contributed by atoms with Crippen molar-refractivity contribution in [2.24, 2.45) is 0 Å². The fraction of sp³-hybridized carbons (Fsp3) is 0.111. The highest BCUT2D eigenvalue weighted by atomic mass is 79.9. The topological polar surface area (TPSA) is 48.7 Å². The lowest BCUT2D eigenvalue weighted by Crippen LogP contribution is -1.85. The van der Waals surface area contributed by atoms with Gasteiger partial charge >= 0.3 is 0 Å². The summed E-state index contributed by atoms with van der Waals surface area (Å²) in [5.41, 5.74) is 0.766. The van der Waals surface area contributed by atoms with Gasteiger partial charge in [-0.2, -0.15) is 5.26 Å². The van der Waals surface area contributed by atoms with Crippen molar-refractivity contribution >= 4 is 43.7 Å². The molecule has 6 heteroatoms. The summed E-state index contributed by atoms with van der Waals surface area (Å²) in [4.78, 5) is 6.01. The lowest BCUT2D eigenvalue weighted by molar-refractivity contribution is 1.36. The second kappa shape index (κ2) is 4.31. The molecule has 0 atom stereocenters. The average molecular weight is 300 g/mol. The zero-order valence-corrected chi connectivity index (χ0v) is 11.0. The highest BCUT2D eigenvalue weighted by Gasteiger charge is 2.13. The van der Waals surface area contributed by atoms with Crippen molar-refractivity contribution < 1.29 is 0 Å². The van der Waals surface area contributed by atoms with E-state index in [4.69, 9.17) is 5.26 Å². The predicted molar refractivity (Wildman–Crippen MR) is 67.4 cm³/mol. The first kappa shape index (κ1) is 10.6. The summed E-state index contributed by atoms with van der Waals surface area (Å²) in [7, 11) is 1.80. The van der Waals surface area contributed by atoms with Gasteiger partial charge in [-0.25, -0.2) is 4.98 Å². The Morgan fingerprint density at radius 2 is 2.40 bits per heavy atom. The lowest BCUT2D eigenvalue weighted by Gasteiger charge is -1.89. The van der Waals surface area contributed by atoms with Crippen LogP contribution in [0.2, 0.25) is 0 Å². The van der Waals surface area contributed by atoms with Crippen LogP contribution in [-0.2, 0) is 0 Å². The molecule has 76 valence electrons. The van der Waals surface area contributed by atoms with E-state index in [1.54, 1.807) is 18.4 Å². The van der Waals surface area contributed by atoms with Gasteiger partial charge in [-0.1, -0.05) is 11.3 Å². The van der Waals surface area contributed by atoms with Crippen LogP contribution < -0.4 is 5.32 Å². The van der Waals surface area contributed by atoms with E-state index in [1.165, 1.54) is 11.3 Å². The number of thiophene rings is 1. The minimum absolute atomic E-state index is 0.647. The molecule has 0 unspecified atom stereocenters. The maximum Gasteiger partial charge on any atom is 0.184 e. The van der Waals surface area contributed by atoms with E-state index in [1.807, 2.05) is 11.4 Å². The zero-order valence-electron chi connectivity index (χ0n) is 7.74. The Kier molecular flexibility index (Phi) is 3.05. The van der Waals surface area contributed by atoms with Crippen molar-refractivity contribution in [2.45, 2.75) is 0 Å². The van der Waals surface area contributed by atoms with Crippen LogP contribution in [0.3, 0.4) is 0 Å². The normalized spacial score (nSPS) is 9.93. The summed E-state index contributed by atoms with van der Waals surface area (Å²) in [6.07, 6.45) is 0. The number of aromatic nitrogens is 1. The third kappa shape index (κ3) is 2.04. The van der Waals surface area contributed by atoms with Gasteiger partial charge in [-0.05, 0) is 22.0 Å². The van der Waals surface area contributed by atoms with Gasteiger partial charge in [0.15, 0.2) is 5.13 Å². The lowest BCUT2D eigenvalue weighted by atomic mass is 10.3. The molecule has 3 nitrogen and oxygen atoms in total. The molecule has 0 saturated heterocycles. The predicted octanol–water partition coefficient (Wildman–Crippen LogP) is 3.55. The molecule has 0 amide bonds. The molecule has 2 rings (SSSR count). The molecular formula is C9H6BrN3S2. The maximum absolute atomic E-state index is 8.98. The van der Waals surface area contributed by atoms with Crippen LogP contribution in [0.5, 0.6) is 0 Å². The van der Waals surface area contributed by atoms with Gasteiger partial charge in [0.2, 0.25) is 0 Å². The molecule has 1 N–H and O–H groups in total. The Hall–Kier alpha value is -0.900. The highest BCUT2D eigenvalue weighted by molar-refractivity contribution is 9.10. The number of thiazole rings is 1. The Labute approximate surface area is 104 Å². The standard InChI is InChI=1S/C9H6BrN3S2/c1-12-9-13-8(7(3-11)15-9)6-2-5(10)4-14-6/h2,4H,1H3,(H,12,13). The van der Waals surface area contributed by atoms with Crippen LogP contribution in [0.25, 0.3) is 10.6 Å². The second-order valence-electron chi connectivity index (χ2n) is 2.69. The van der Waals surface area contributed by atoms with Gasteiger partial charge in [0.1, 0.15) is 16.6 Å². The Morgan fingerprint density at radius 1 is 1.60 bits per heavy atom. The van der Waals surface area contributed by atoms with Gasteiger partial charge in [0.05, 0.1) is 4.88 Å². The van der Waals surface area contributed by atoms with E-state index < -0.39 is 0 Å². The molecule has 2 aromatic rings. The first-order valence-corrected chi connectivity index (χ1v) is 6.56. The average Bonchev–Trinajstić information content (AvgIpc) is 2.82. The van der Waals surface area contributed by atoms with E-state index in [9.17, 15) is 0 Å². The second-order valence-corrected chi connectivity index (χ2v) is 5.51. The van der Waals surface area contributed by atoms with Gasteiger partial charge in [0.25, 0.3) is 0 Å². The van der Waals surface area contributed by atoms with E-state index in [0.29, 0.717) is 4.88 Å². The molecule has 0 aromatic carbocycles. The van der Waals surface area contributed by atoms with Gasteiger partial charge in [-0.3, -0.25) is 0 Å². The number of nitrogens with one attached hydrogen (secondary N) is 1. The number of halogens is 1. The fourth-order valence-electron chi connectivity index (χ4n) is 1.11. The molecule has 0 aliphatic rings. The van der Waals surface area contributed by atoms with E-state index in [0.717, 1.165) is 20.2 Å². The van der Waals surface area contributed by atoms with Crippen LogP contribution in [0.1, 0.15) is 4.88 Å². The van der Waals surface area contributed by atoms with E-state index in [-0.39, 0.29) is 0 Å².